The van der Waals surface area contributed by atoms with E-state index in [9.17, 15) is 4.79 Å². The molecule has 0 radical (unpaired) electrons. The SMILES string of the molecule is CCOc1ccc(Oc2ccccc2NC(=O)c2cc(C)oc2C)cc1. The van der Waals surface area contributed by atoms with Gasteiger partial charge in [-0.05, 0) is 63.2 Å². The zero-order chi connectivity index (χ0) is 18.5. The summed E-state index contributed by atoms with van der Waals surface area (Å²) in [5.74, 6) is 3.05. The van der Waals surface area contributed by atoms with E-state index in [2.05, 4.69) is 5.32 Å². The van der Waals surface area contributed by atoms with Gasteiger partial charge in [-0.15, -0.1) is 0 Å². The van der Waals surface area contributed by atoms with Crippen molar-refractivity contribution in [1.82, 2.24) is 0 Å². The quantitative estimate of drug-likeness (QED) is 0.651. The lowest BCUT2D eigenvalue weighted by Gasteiger charge is -2.12. The number of carbonyl (C=O) groups is 1. The van der Waals surface area contributed by atoms with Gasteiger partial charge in [-0.25, -0.2) is 0 Å². The minimum atomic E-state index is -0.234. The van der Waals surface area contributed by atoms with Crippen LogP contribution in [0.4, 0.5) is 5.69 Å². The third-order valence-corrected chi connectivity index (χ3v) is 3.78. The first-order valence-corrected chi connectivity index (χ1v) is 8.45. The van der Waals surface area contributed by atoms with Gasteiger partial charge in [-0.1, -0.05) is 12.1 Å². The number of carbonyl (C=O) groups excluding carboxylic acids is 1. The number of ether oxygens (including phenoxy) is 2. The molecule has 0 saturated heterocycles. The third-order valence-electron chi connectivity index (χ3n) is 3.78. The fraction of sp³-hybridized carbons (Fsp3) is 0.190. The number of amides is 1. The van der Waals surface area contributed by atoms with E-state index in [1.807, 2.05) is 50.2 Å². The Hall–Kier alpha value is -3.21. The van der Waals surface area contributed by atoms with Crippen LogP contribution in [0.2, 0.25) is 0 Å². The molecule has 26 heavy (non-hydrogen) atoms. The van der Waals surface area contributed by atoms with Crippen molar-refractivity contribution in [3.63, 3.8) is 0 Å². The molecule has 0 spiro atoms. The van der Waals surface area contributed by atoms with E-state index >= 15 is 0 Å². The van der Waals surface area contributed by atoms with Crippen LogP contribution in [0, 0.1) is 13.8 Å². The first-order chi connectivity index (χ1) is 12.6. The van der Waals surface area contributed by atoms with E-state index in [-0.39, 0.29) is 5.91 Å². The first kappa shape index (κ1) is 17.6. The Morgan fingerprint density at radius 3 is 2.38 bits per heavy atom. The summed E-state index contributed by atoms with van der Waals surface area (Å²) < 4.78 is 16.8. The predicted molar refractivity (Wildman–Crippen MR) is 100 cm³/mol. The second-order valence-electron chi connectivity index (χ2n) is 5.78. The number of nitrogens with one attached hydrogen (secondary N) is 1. The maximum absolute atomic E-state index is 12.5. The maximum atomic E-state index is 12.5. The van der Waals surface area contributed by atoms with Crippen molar-refractivity contribution in [3.05, 3.63) is 71.7 Å². The fourth-order valence-electron chi connectivity index (χ4n) is 2.60. The van der Waals surface area contributed by atoms with Gasteiger partial charge in [-0.2, -0.15) is 0 Å². The highest BCUT2D eigenvalue weighted by Gasteiger charge is 2.15. The molecule has 1 heterocycles. The molecule has 1 amide bonds. The first-order valence-electron chi connectivity index (χ1n) is 8.45. The summed E-state index contributed by atoms with van der Waals surface area (Å²) in [6.45, 7) is 6.13. The van der Waals surface area contributed by atoms with Crippen molar-refractivity contribution in [3.8, 4) is 17.2 Å². The molecule has 0 aliphatic rings. The van der Waals surface area contributed by atoms with E-state index in [0.717, 1.165) is 5.75 Å². The van der Waals surface area contributed by atoms with Crippen LogP contribution in [0.1, 0.15) is 28.8 Å². The largest absolute Gasteiger partial charge is 0.494 e. The summed E-state index contributed by atoms with van der Waals surface area (Å²) in [5, 5.41) is 2.88. The molecule has 3 aromatic rings. The lowest BCUT2D eigenvalue weighted by Crippen LogP contribution is -2.12. The number of para-hydroxylation sites is 2. The molecule has 5 nitrogen and oxygen atoms in total. The summed E-state index contributed by atoms with van der Waals surface area (Å²) in [5.41, 5.74) is 1.10. The van der Waals surface area contributed by atoms with Crippen molar-refractivity contribution in [2.45, 2.75) is 20.8 Å². The highest BCUT2D eigenvalue weighted by Crippen LogP contribution is 2.31. The monoisotopic (exact) mass is 351 g/mol. The summed E-state index contributed by atoms with van der Waals surface area (Å²) in [6, 6.07) is 16.4. The number of benzene rings is 2. The van der Waals surface area contributed by atoms with Gasteiger partial charge in [0.25, 0.3) is 5.91 Å². The molecular formula is C21H21NO4. The van der Waals surface area contributed by atoms with Crippen molar-refractivity contribution >= 4 is 11.6 Å². The highest BCUT2D eigenvalue weighted by molar-refractivity contribution is 6.05. The summed E-state index contributed by atoms with van der Waals surface area (Å²) in [6.07, 6.45) is 0. The number of aryl methyl sites for hydroxylation is 2. The molecule has 2 aromatic carbocycles. The lowest BCUT2D eigenvalue weighted by atomic mass is 10.2. The minimum absolute atomic E-state index is 0.234. The molecule has 134 valence electrons. The van der Waals surface area contributed by atoms with E-state index < -0.39 is 0 Å². The van der Waals surface area contributed by atoms with Gasteiger partial charge >= 0.3 is 0 Å². The van der Waals surface area contributed by atoms with Gasteiger partial charge in [0.1, 0.15) is 23.0 Å². The minimum Gasteiger partial charge on any atom is -0.494 e. The second kappa shape index (κ2) is 7.78. The van der Waals surface area contributed by atoms with Crippen LogP contribution in [0.15, 0.2) is 59.0 Å². The van der Waals surface area contributed by atoms with Gasteiger partial charge in [-0.3, -0.25) is 4.79 Å². The van der Waals surface area contributed by atoms with Gasteiger partial charge in [0.2, 0.25) is 0 Å². The van der Waals surface area contributed by atoms with Gasteiger partial charge < -0.3 is 19.2 Å². The van der Waals surface area contributed by atoms with Gasteiger partial charge in [0.05, 0.1) is 17.9 Å². The van der Waals surface area contributed by atoms with Crippen molar-refractivity contribution in [1.29, 1.82) is 0 Å². The Morgan fingerprint density at radius 1 is 1.04 bits per heavy atom. The van der Waals surface area contributed by atoms with Crippen molar-refractivity contribution in [2.24, 2.45) is 0 Å². The molecule has 0 aliphatic heterocycles. The van der Waals surface area contributed by atoms with Crippen LogP contribution in [0.3, 0.4) is 0 Å². The summed E-state index contributed by atoms with van der Waals surface area (Å²) >= 11 is 0. The van der Waals surface area contributed by atoms with Crippen LogP contribution in [-0.4, -0.2) is 12.5 Å². The number of rotatable bonds is 6. The number of anilines is 1. The predicted octanol–water partition coefficient (Wildman–Crippen LogP) is 5.34. The number of hydrogen-bond acceptors (Lipinski definition) is 4. The van der Waals surface area contributed by atoms with Crippen LogP contribution < -0.4 is 14.8 Å². The maximum Gasteiger partial charge on any atom is 0.259 e. The average molecular weight is 351 g/mol. The molecule has 0 bridgehead atoms. The Labute approximate surface area is 152 Å². The van der Waals surface area contributed by atoms with Crippen molar-refractivity contribution < 1.29 is 18.7 Å². The molecular weight excluding hydrogens is 330 g/mol. The van der Waals surface area contributed by atoms with Crippen LogP contribution >= 0.6 is 0 Å². The molecule has 1 aromatic heterocycles. The zero-order valence-corrected chi connectivity index (χ0v) is 15.0. The molecule has 0 unspecified atom stereocenters. The zero-order valence-electron chi connectivity index (χ0n) is 15.0. The highest BCUT2D eigenvalue weighted by atomic mass is 16.5. The Kier molecular flexibility index (Phi) is 5.27. The molecule has 0 saturated carbocycles. The fourth-order valence-corrected chi connectivity index (χ4v) is 2.60. The van der Waals surface area contributed by atoms with Crippen LogP contribution in [-0.2, 0) is 0 Å². The Morgan fingerprint density at radius 2 is 1.73 bits per heavy atom. The molecule has 5 heteroatoms. The number of furan rings is 1. The Bertz CT molecular complexity index is 897. The lowest BCUT2D eigenvalue weighted by molar-refractivity contribution is 0.102. The molecule has 0 aliphatic carbocycles. The molecule has 0 fully saturated rings. The molecule has 1 N–H and O–H groups in total. The normalized spacial score (nSPS) is 10.4. The van der Waals surface area contributed by atoms with Crippen LogP contribution in [0.25, 0.3) is 0 Å². The smallest absolute Gasteiger partial charge is 0.259 e. The van der Waals surface area contributed by atoms with E-state index in [4.69, 9.17) is 13.9 Å². The summed E-state index contributed by atoms with van der Waals surface area (Å²) in [4.78, 5) is 12.5. The van der Waals surface area contributed by atoms with Gasteiger partial charge in [0, 0.05) is 0 Å². The van der Waals surface area contributed by atoms with E-state index in [1.165, 1.54) is 0 Å². The van der Waals surface area contributed by atoms with E-state index in [0.29, 0.717) is 40.9 Å². The summed E-state index contributed by atoms with van der Waals surface area (Å²) in [7, 11) is 0. The van der Waals surface area contributed by atoms with Gasteiger partial charge in [0.15, 0.2) is 5.75 Å². The van der Waals surface area contributed by atoms with Crippen molar-refractivity contribution in [2.75, 3.05) is 11.9 Å². The molecule has 3 rings (SSSR count). The Balaban J connectivity index is 1.77. The average Bonchev–Trinajstić information content (AvgIpc) is 2.97. The topological polar surface area (TPSA) is 60.7 Å². The van der Waals surface area contributed by atoms with Crippen LogP contribution in [0.5, 0.6) is 17.2 Å². The second-order valence-corrected chi connectivity index (χ2v) is 5.78. The third kappa shape index (κ3) is 4.06. The molecule has 0 atom stereocenters. The number of hydrogen-bond donors (Lipinski definition) is 1. The standard InChI is InChI=1S/C21H21NO4/c1-4-24-16-9-11-17(12-10-16)26-20-8-6-5-7-19(20)22-21(23)18-13-14(2)25-15(18)3/h5-13H,4H2,1-3H3,(H,22,23). The van der Waals surface area contributed by atoms with E-state index in [1.54, 1.807) is 25.1 Å².